The van der Waals surface area contributed by atoms with Gasteiger partial charge in [-0.1, -0.05) is 23.2 Å². The quantitative estimate of drug-likeness (QED) is 0.863. The monoisotopic (exact) mass is 336 g/mol. The highest BCUT2D eigenvalue weighted by molar-refractivity contribution is 7.91. The predicted molar refractivity (Wildman–Crippen MR) is 79.2 cm³/mol. The van der Waals surface area contributed by atoms with Crippen LogP contribution in [0.15, 0.2) is 17.0 Å². The number of benzene rings is 1. The van der Waals surface area contributed by atoms with Crippen molar-refractivity contribution in [3.8, 4) is 0 Å². The summed E-state index contributed by atoms with van der Waals surface area (Å²) < 4.78 is 23.5. The first-order chi connectivity index (χ1) is 9.27. The maximum absolute atomic E-state index is 11.8. The van der Waals surface area contributed by atoms with Crippen molar-refractivity contribution < 1.29 is 13.2 Å². The molecule has 0 aliphatic heterocycles. The highest BCUT2D eigenvalue weighted by atomic mass is 35.5. The Kier molecular flexibility index (Phi) is 4.46. The summed E-state index contributed by atoms with van der Waals surface area (Å²) in [4.78, 5) is 11.6. The van der Waals surface area contributed by atoms with Crippen LogP contribution >= 0.6 is 23.2 Å². The molecule has 0 saturated heterocycles. The lowest BCUT2D eigenvalue weighted by Gasteiger charge is -2.13. The molecule has 0 aromatic heterocycles. The first-order valence-electron chi connectivity index (χ1n) is 5.99. The average molecular weight is 337 g/mol. The van der Waals surface area contributed by atoms with Gasteiger partial charge in [-0.15, -0.1) is 0 Å². The van der Waals surface area contributed by atoms with Gasteiger partial charge in [-0.05, 0) is 25.0 Å². The number of hydrogen-bond acceptors (Lipinski definition) is 4. The van der Waals surface area contributed by atoms with Crippen LogP contribution in [0.1, 0.15) is 12.8 Å². The molecule has 0 bridgehead atoms. The van der Waals surface area contributed by atoms with E-state index in [1.807, 2.05) is 0 Å². The molecule has 8 heteroatoms. The average Bonchev–Trinajstić information content (AvgIpc) is 3.07. The van der Waals surface area contributed by atoms with Gasteiger partial charge in [0, 0.05) is 17.3 Å². The van der Waals surface area contributed by atoms with Gasteiger partial charge in [-0.2, -0.15) is 0 Å². The van der Waals surface area contributed by atoms with E-state index in [1.165, 1.54) is 12.1 Å². The third kappa shape index (κ3) is 4.01. The molecule has 5 nitrogen and oxygen atoms in total. The number of hydrogen-bond donors (Lipinski definition) is 2. The topological polar surface area (TPSA) is 75.3 Å². The molecule has 1 aliphatic rings. The van der Waals surface area contributed by atoms with Gasteiger partial charge in [0.05, 0.1) is 17.3 Å². The van der Waals surface area contributed by atoms with Crippen LogP contribution in [0.2, 0.25) is 10.0 Å². The van der Waals surface area contributed by atoms with E-state index >= 15 is 0 Å². The van der Waals surface area contributed by atoms with E-state index in [0.29, 0.717) is 5.02 Å². The zero-order valence-electron chi connectivity index (χ0n) is 10.7. The third-order valence-electron chi connectivity index (χ3n) is 2.76. The van der Waals surface area contributed by atoms with Crippen molar-refractivity contribution in [3.05, 3.63) is 22.2 Å². The molecule has 1 aromatic rings. The summed E-state index contributed by atoms with van der Waals surface area (Å²) in [5, 5.41) is 5.90. The van der Waals surface area contributed by atoms with Gasteiger partial charge in [-0.3, -0.25) is 4.79 Å². The highest BCUT2D eigenvalue weighted by Crippen LogP contribution is 2.32. The van der Waals surface area contributed by atoms with Gasteiger partial charge in [-0.25, -0.2) is 8.42 Å². The zero-order chi connectivity index (χ0) is 14.9. The molecule has 1 fully saturated rings. The first-order valence-corrected chi connectivity index (χ1v) is 8.64. The second-order valence-corrected chi connectivity index (χ2v) is 7.53. The molecule has 0 unspecified atom stereocenters. The van der Waals surface area contributed by atoms with E-state index in [4.69, 9.17) is 23.2 Å². The maximum Gasteiger partial charge on any atom is 0.239 e. The minimum absolute atomic E-state index is 0.0321. The van der Waals surface area contributed by atoms with Gasteiger partial charge < -0.3 is 10.6 Å². The van der Waals surface area contributed by atoms with E-state index in [9.17, 15) is 13.2 Å². The smallest absolute Gasteiger partial charge is 0.239 e. The molecule has 0 atom stereocenters. The molecule has 1 aromatic carbocycles. The summed E-state index contributed by atoms with van der Waals surface area (Å²) in [5.74, 6) is -0.192. The van der Waals surface area contributed by atoms with E-state index in [2.05, 4.69) is 10.6 Å². The third-order valence-corrected chi connectivity index (χ3v) is 4.57. The Morgan fingerprint density at radius 3 is 2.55 bits per heavy atom. The highest BCUT2D eigenvalue weighted by Gasteiger charge is 2.24. The van der Waals surface area contributed by atoms with Gasteiger partial charge in [0.2, 0.25) is 5.91 Å². The molecule has 2 N–H and O–H groups in total. The molecule has 0 heterocycles. The molecule has 1 amide bonds. The minimum Gasteiger partial charge on any atom is -0.375 e. The fraction of sp³-hybridized carbons (Fsp3) is 0.417. The number of carbonyl (C=O) groups is 1. The molecular formula is C12H14Cl2N2O3S. The first kappa shape index (κ1) is 15.4. The summed E-state index contributed by atoms with van der Waals surface area (Å²) in [5.41, 5.74) is 0.232. The van der Waals surface area contributed by atoms with Crippen LogP contribution in [0.25, 0.3) is 0 Å². The van der Waals surface area contributed by atoms with Crippen molar-refractivity contribution in [1.29, 1.82) is 0 Å². The number of sulfone groups is 1. The van der Waals surface area contributed by atoms with Crippen LogP contribution in [0, 0.1) is 0 Å². The summed E-state index contributed by atoms with van der Waals surface area (Å²) >= 11 is 11.8. The minimum atomic E-state index is -3.52. The lowest BCUT2D eigenvalue weighted by molar-refractivity contribution is -0.119. The summed E-state index contributed by atoms with van der Waals surface area (Å²) in [6.07, 6.45) is 3.03. The van der Waals surface area contributed by atoms with Crippen LogP contribution in [-0.2, 0) is 14.6 Å². The molecule has 110 valence electrons. The fourth-order valence-electron chi connectivity index (χ4n) is 1.75. The van der Waals surface area contributed by atoms with Crippen molar-refractivity contribution in [1.82, 2.24) is 5.32 Å². The van der Waals surface area contributed by atoms with Crippen LogP contribution in [0.3, 0.4) is 0 Å². The van der Waals surface area contributed by atoms with Crippen LogP contribution < -0.4 is 10.6 Å². The lowest BCUT2D eigenvalue weighted by Crippen LogP contribution is -2.31. The predicted octanol–water partition coefficient (Wildman–Crippen LogP) is 2.09. The number of amides is 1. The summed E-state index contributed by atoms with van der Waals surface area (Å²) in [7, 11) is -3.52. The standard InChI is InChI=1S/C12H14Cl2N2O3S/c1-20(18,19)12-9(14)4-7(13)5-10(12)15-6-11(17)16-8-2-3-8/h4-5,8,15H,2-3,6H2,1H3,(H,16,17). The van der Waals surface area contributed by atoms with E-state index in [1.54, 1.807) is 0 Å². The molecule has 0 spiro atoms. The molecule has 2 rings (SSSR count). The van der Waals surface area contributed by atoms with E-state index in [0.717, 1.165) is 19.1 Å². The SMILES string of the molecule is CS(=O)(=O)c1c(Cl)cc(Cl)cc1NCC(=O)NC1CC1. The lowest BCUT2D eigenvalue weighted by atomic mass is 10.3. The van der Waals surface area contributed by atoms with Gasteiger partial charge in [0.25, 0.3) is 0 Å². The number of nitrogens with one attached hydrogen (secondary N) is 2. The fourth-order valence-corrected chi connectivity index (χ4v) is 3.61. The van der Waals surface area contributed by atoms with Crippen LogP contribution in [0.4, 0.5) is 5.69 Å². The van der Waals surface area contributed by atoms with Gasteiger partial charge in [0.15, 0.2) is 9.84 Å². The van der Waals surface area contributed by atoms with Gasteiger partial charge >= 0.3 is 0 Å². The number of rotatable bonds is 5. The molecular weight excluding hydrogens is 323 g/mol. The van der Waals surface area contributed by atoms with Crippen molar-refractivity contribution in [2.75, 3.05) is 18.1 Å². The Balaban J connectivity index is 2.19. The van der Waals surface area contributed by atoms with Crippen LogP contribution in [-0.4, -0.2) is 33.2 Å². The van der Waals surface area contributed by atoms with Crippen molar-refractivity contribution in [2.45, 2.75) is 23.8 Å². The Morgan fingerprint density at radius 1 is 1.35 bits per heavy atom. The summed E-state index contributed by atoms with van der Waals surface area (Å²) in [6.45, 7) is -0.0321. The Morgan fingerprint density at radius 2 is 2.00 bits per heavy atom. The van der Waals surface area contributed by atoms with Crippen molar-refractivity contribution in [2.24, 2.45) is 0 Å². The number of anilines is 1. The van der Waals surface area contributed by atoms with Crippen molar-refractivity contribution in [3.63, 3.8) is 0 Å². The second kappa shape index (κ2) is 5.79. The maximum atomic E-state index is 11.8. The number of carbonyl (C=O) groups excluding carboxylic acids is 1. The molecule has 1 aliphatic carbocycles. The van der Waals surface area contributed by atoms with E-state index in [-0.39, 0.29) is 34.1 Å². The van der Waals surface area contributed by atoms with Crippen molar-refractivity contribution >= 4 is 44.6 Å². The zero-order valence-corrected chi connectivity index (χ0v) is 13.1. The van der Waals surface area contributed by atoms with Crippen LogP contribution in [0.5, 0.6) is 0 Å². The largest absolute Gasteiger partial charge is 0.375 e. The number of halogens is 2. The van der Waals surface area contributed by atoms with E-state index < -0.39 is 9.84 Å². The Labute approximate surface area is 127 Å². The molecule has 20 heavy (non-hydrogen) atoms. The molecule has 0 radical (unpaired) electrons. The second-order valence-electron chi connectivity index (χ2n) is 4.73. The molecule has 1 saturated carbocycles. The summed E-state index contributed by atoms with van der Waals surface area (Å²) in [6, 6.07) is 3.05. The Bertz CT molecular complexity index is 642. The normalized spacial score (nSPS) is 14.9. The Hall–Kier alpha value is -0.980. The van der Waals surface area contributed by atoms with Gasteiger partial charge in [0.1, 0.15) is 4.90 Å².